The van der Waals surface area contributed by atoms with Gasteiger partial charge in [0.2, 0.25) is 5.91 Å². The molecule has 1 heterocycles. The van der Waals surface area contributed by atoms with Gasteiger partial charge in [-0.3, -0.25) is 9.80 Å². The molecule has 1 N–H and O–H groups in total. The van der Waals surface area contributed by atoms with Gasteiger partial charge in [0.05, 0.1) is 12.3 Å². The maximum atomic E-state index is 12.8. The molecule has 1 atom stereocenters. The lowest BCUT2D eigenvalue weighted by molar-refractivity contribution is -0.119. The predicted octanol–water partition coefficient (Wildman–Crippen LogP) is 4.45. The van der Waals surface area contributed by atoms with Crippen molar-refractivity contribution in [2.45, 2.75) is 6.04 Å². The molecule has 1 unspecified atom stereocenters. The summed E-state index contributed by atoms with van der Waals surface area (Å²) in [6, 6.07) is 22.0. The number of phenols is 1. The van der Waals surface area contributed by atoms with E-state index in [1.807, 2.05) is 42.5 Å². The Labute approximate surface area is 174 Å². The second kappa shape index (κ2) is 7.97. The number of likely N-dealkylation sites (N-methyl/N-ethyl adjacent to an activating group) is 1. The van der Waals surface area contributed by atoms with Crippen LogP contribution in [0, 0.1) is 0 Å². The molecular formula is C23H20ClN3O2. The summed E-state index contributed by atoms with van der Waals surface area (Å²) in [5.74, 6) is 0.134. The molecule has 1 aliphatic rings. The van der Waals surface area contributed by atoms with Gasteiger partial charge in [-0.15, -0.1) is 0 Å². The third-order valence-corrected chi connectivity index (χ3v) is 5.21. The Morgan fingerprint density at radius 2 is 1.79 bits per heavy atom. The third-order valence-electron chi connectivity index (χ3n) is 4.98. The Morgan fingerprint density at radius 1 is 1.07 bits per heavy atom. The lowest BCUT2D eigenvalue weighted by atomic mass is 9.97. The van der Waals surface area contributed by atoms with Crippen LogP contribution in [0.15, 0.2) is 77.9 Å². The summed E-state index contributed by atoms with van der Waals surface area (Å²) in [4.78, 5) is 14.5. The van der Waals surface area contributed by atoms with Crippen LogP contribution in [0.3, 0.4) is 0 Å². The van der Waals surface area contributed by atoms with Gasteiger partial charge in [0.1, 0.15) is 12.3 Å². The zero-order valence-electron chi connectivity index (χ0n) is 15.9. The van der Waals surface area contributed by atoms with Crippen LogP contribution in [0.4, 0.5) is 5.69 Å². The highest BCUT2D eigenvalue weighted by Gasteiger charge is 2.32. The molecule has 0 aliphatic carbocycles. The van der Waals surface area contributed by atoms with Crippen LogP contribution in [0.1, 0.15) is 22.7 Å². The second-order valence-corrected chi connectivity index (χ2v) is 7.34. The van der Waals surface area contributed by atoms with Crippen molar-refractivity contribution in [2.75, 3.05) is 18.5 Å². The van der Waals surface area contributed by atoms with Gasteiger partial charge in [-0.05, 0) is 53.6 Å². The molecule has 5 nitrogen and oxygen atoms in total. The Balaban J connectivity index is 1.83. The predicted molar refractivity (Wildman–Crippen MR) is 116 cm³/mol. The van der Waals surface area contributed by atoms with Crippen LogP contribution in [0.2, 0.25) is 5.02 Å². The van der Waals surface area contributed by atoms with Gasteiger partial charge in [-0.25, -0.2) is 0 Å². The fourth-order valence-corrected chi connectivity index (χ4v) is 3.66. The van der Waals surface area contributed by atoms with E-state index in [0.717, 1.165) is 22.4 Å². The molecule has 1 aliphatic heterocycles. The molecule has 0 bridgehead atoms. The zero-order valence-corrected chi connectivity index (χ0v) is 16.6. The fourth-order valence-electron chi connectivity index (χ4n) is 3.48. The maximum absolute atomic E-state index is 12.8. The topological polar surface area (TPSA) is 56.1 Å². The molecule has 0 fully saturated rings. The van der Waals surface area contributed by atoms with Gasteiger partial charge >= 0.3 is 0 Å². The van der Waals surface area contributed by atoms with Crippen molar-refractivity contribution < 1.29 is 9.90 Å². The van der Waals surface area contributed by atoms with E-state index >= 15 is 0 Å². The largest absolute Gasteiger partial charge is 0.508 e. The third kappa shape index (κ3) is 3.96. The molecule has 3 aromatic rings. The summed E-state index contributed by atoms with van der Waals surface area (Å²) in [5.41, 5.74) is 3.57. The summed E-state index contributed by atoms with van der Waals surface area (Å²) in [6.07, 6.45) is 1.69. The molecule has 0 saturated carbocycles. The number of hydrogen-bond donors (Lipinski definition) is 1. The maximum Gasteiger partial charge on any atom is 0.248 e. The van der Waals surface area contributed by atoms with E-state index in [1.165, 1.54) is 0 Å². The van der Waals surface area contributed by atoms with E-state index in [-0.39, 0.29) is 24.2 Å². The van der Waals surface area contributed by atoms with E-state index in [4.69, 9.17) is 11.6 Å². The van der Waals surface area contributed by atoms with E-state index in [9.17, 15) is 9.90 Å². The van der Waals surface area contributed by atoms with Crippen molar-refractivity contribution >= 4 is 29.4 Å². The normalized spacial score (nSPS) is 16.8. The number of anilines is 1. The highest BCUT2D eigenvalue weighted by Crippen LogP contribution is 2.39. The molecule has 4 rings (SSSR count). The first-order valence-electron chi connectivity index (χ1n) is 9.23. The highest BCUT2D eigenvalue weighted by atomic mass is 35.5. The second-order valence-electron chi connectivity index (χ2n) is 6.90. The number of hydrazone groups is 1. The van der Waals surface area contributed by atoms with Crippen molar-refractivity contribution in [2.24, 2.45) is 5.10 Å². The molecule has 146 valence electrons. The van der Waals surface area contributed by atoms with Crippen LogP contribution in [0.25, 0.3) is 0 Å². The number of carbonyl (C=O) groups is 1. The summed E-state index contributed by atoms with van der Waals surface area (Å²) in [6.45, 7) is 0.122. The Morgan fingerprint density at radius 3 is 2.52 bits per heavy atom. The molecule has 0 saturated heterocycles. The number of aromatic hydroxyl groups is 1. The molecule has 6 heteroatoms. The number of rotatable bonds is 3. The SMILES string of the molecule is CN1C(=O)CN(N=Cc2ccc(O)cc2)C(c2ccccc2)c2cc(Cl)ccc21. The van der Waals surface area contributed by atoms with Gasteiger partial charge in [-0.1, -0.05) is 41.9 Å². The number of hydrogen-bond acceptors (Lipinski definition) is 4. The van der Waals surface area contributed by atoms with E-state index in [2.05, 4.69) is 5.10 Å². The Kier molecular flexibility index (Phi) is 5.23. The van der Waals surface area contributed by atoms with Crippen molar-refractivity contribution in [3.63, 3.8) is 0 Å². The number of carbonyl (C=O) groups excluding carboxylic acids is 1. The number of nitrogens with zero attached hydrogens (tertiary/aromatic N) is 3. The number of benzene rings is 3. The van der Waals surface area contributed by atoms with Crippen LogP contribution in [-0.2, 0) is 4.79 Å². The molecule has 1 amide bonds. The standard InChI is InChI=1S/C23H20ClN3O2/c1-26-21-12-9-18(24)13-20(21)23(17-5-3-2-4-6-17)27(15-22(26)29)25-14-16-7-10-19(28)11-8-16/h2-14,23,28H,15H2,1H3. The average Bonchev–Trinajstić information content (AvgIpc) is 2.83. The highest BCUT2D eigenvalue weighted by molar-refractivity contribution is 6.30. The van der Waals surface area contributed by atoms with Crippen LogP contribution in [0.5, 0.6) is 5.75 Å². The molecule has 0 radical (unpaired) electrons. The fraction of sp³-hybridized carbons (Fsp3) is 0.130. The van der Waals surface area contributed by atoms with Crippen molar-refractivity contribution in [1.82, 2.24) is 5.01 Å². The Bertz CT molecular complexity index is 1050. The minimum Gasteiger partial charge on any atom is -0.508 e. The molecule has 29 heavy (non-hydrogen) atoms. The van der Waals surface area contributed by atoms with Crippen molar-refractivity contribution in [3.8, 4) is 5.75 Å². The van der Waals surface area contributed by atoms with E-state index in [0.29, 0.717) is 5.02 Å². The summed E-state index contributed by atoms with van der Waals surface area (Å²) in [5, 5.41) is 16.5. The minimum atomic E-state index is -0.271. The smallest absolute Gasteiger partial charge is 0.248 e. The molecular weight excluding hydrogens is 386 g/mol. The monoisotopic (exact) mass is 405 g/mol. The quantitative estimate of drug-likeness (QED) is 0.655. The lowest BCUT2D eigenvalue weighted by Gasteiger charge is -2.28. The lowest BCUT2D eigenvalue weighted by Crippen LogP contribution is -2.34. The van der Waals surface area contributed by atoms with Crippen LogP contribution >= 0.6 is 11.6 Å². The summed E-state index contributed by atoms with van der Waals surface area (Å²) >= 11 is 6.32. The minimum absolute atomic E-state index is 0.0603. The number of halogens is 1. The van der Waals surface area contributed by atoms with Gasteiger partial charge in [0, 0.05) is 23.3 Å². The Hall–Kier alpha value is -3.31. The van der Waals surface area contributed by atoms with Gasteiger partial charge in [-0.2, -0.15) is 5.10 Å². The first-order chi connectivity index (χ1) is 14.0. The molecule has 3 aromatic carbocycles. The van der Waals surface area contributed by atoms with Gasteiger partial charge in [0.25, 0.3) is 0 Å². The summed E-state index contributed by atoms with van der Waals surface area (Å²) in [7, 11) is 1.77. The number of amides is 1. The first kappa shape index (κ1) is 19.0. The first-order valence-corrected chi connectivity index (χ1v) is 9.61. The average molecular weight is 406 g/mol. The van der Waals surface area contributed by atoms with Crippen LogP contribution in [-0.4, -0.2) is 35.8 Å². The van der Waals surface area contributed by atoms with Crippen molar-refractivity contribution in [1.29, 1.82) is 0 Å². The number of phenolic OH excluding ortho intramolecular Hbond substituents is 1. The summed E-state index contributed by atoms with van der Waals surface area (Å²) < 4.78 is 0. The zero-order chi connectivity index (χ0) is 20.4. The molecule has 0 spiro atoms. The van der Waals surface area contributed by atoms with Gasteiger partial charge in [0.15, 0.2) is 0 Å². The van der Waals surface area contributed by atoms with Crippen molar-refractivity contribution in [3.05, 3.63) is 94.5 Å². The van der Waals surface area contributed by atoms with Gasteiger partial charge < -0.3 is 10.0 Å². The van der Waals surface area contributed by atoms with Crippen LogP contribution < -0.4 is 4.90 Å². The number of fused-ring (bicyclic) bond motifs is 1. The van der Waals surface area contributed by atoms with E-state index < -0.39 is 0 Å². The van der Waals surface area contributed by atoms with E-state index in [1.54, 1.807) is 53.5 Å². The molecule has 0 aromatic heterocycles.